The summed E-state index contributed by atoms with van der Waals surface area (Å²) in [6.07, 6.45) is 1.45. The van der Waals surface area contributed by atoms with Crippen LogP contribution in [0.4, 0.5) is 4.79 Å². The molecule has 0 radical (unpaired) electrons. The summed E-state index contributed by atoms with van der Waals surface area (Å²) in [5, 5.41) is 2.21. The van der Waals surface area contributed by atoms with E-state index in [4.69, 9.17) is 4.74 Å². The van der Waals surface area contributed by atoms with Crippen LogP contribution in [0.3, 0.4) is 0 Å². The number of carbonyl (C=O) groups is 3. The summed E-state index contributed by atoms with van der Waals surface area (Å²) in [4.78, 5) is 37.9. The Kier molecular flexibility index (Phi) is 5.18. The Balaban J connectivity index is 1.91. The molecule has 0 unspecified atom stereocenters. The lowest BCUT2D eigenvalue weighted by atomic mass is 10.1. The van der Waals surface area contributed by atoms with Crippen LogP contribution in [-0.2, 0) is 16.1 Å². The van der Waals surface area contributed by atoms with Crippen molar-refractivity contribution in [3.63, 3.8) is 0 Å². The van der Waals surface area contributed by atoms with Crippen LogP contribution in [0.1, 0.15) is 11.1 Å². The molecule has 26 heavy (non-hydrogen) atoms. The molecule has 1 fully saturated rings. The van der Waals surface area contributed by atoms with Crippen molar-refractivity contribution in [2.75, 3.05) is 7.11 Å². The van der Waals surface area contributed by atoms with Crippen LogP contribution >= 0.6 is 15.9 Å². The van der Waals surface area contributed by atoms with Crippen molar-refractivity contribution in [1.82, 2.24) is 10.2 Å². The third-order valence-corrected chi connectivity index (χ3v) is 4.48. The largest absolute Gasteiger partial charge is 0.496 e. The van der Waals surface area contributed by atoms with Gasteiger partial charge in [-0.1, -0.05) is 36.4 Å². The van der Waals surface area contributed by atoms with Crippen molar-refractivity contribution in [3.05, 3.63) is 69.7 Å². The third kappa shape index (κ3) is 3.67. The first-order chi connectivity index (χ1) is 12.5. The van der Waals surface area contributed by atoms with E-state index in [1.807, 2.05) is 18.2 Å². The van der Waals surface area contributed by atoms with Crippen molar-refractivity contribution in [2.24, 2.45) is 0 Å². The molecule has 6 nitrogen and oxygen atoms in total. The standard InChI is InChI=1S/C19H15BrN2O4/c1-26-16-8-7-13(10-15(16)20)9-14-17(23)21-19(25)22(18(14)24)11-12-5-3-2-4-6-12/h2-10H,11H2,1H3,(H,21,23,25)/b14-9-. The van der Waals surface area contributed by atoms with Crippen molar-refractivity contribution in [2.45, 2.75) is 6.54 Å². The predicted octanol–water partition coefficient (Wildman–Crippen LogP) is 3.12. The molecule has 3 rings (SSSR count). The van der Waals surface area contributed by atoms with E-state index in [9.17, 15) is 14.4 Å². The molecule has 0 spiro atoms. The molecule has 0 bridgehead atoms. The van der Waals surface area contributed by atoms with Crippen LogP contribution in [0.2, 0.25) is 0 Å². The summed E-state index contributed by atoms with van der Waals surface area (Å²) in [5.74, 6) is -0.710. The number of rotatable bonds is 4. The van der Waals surface area contributed by atoms with Crippen molar-refractivity contribution in [1.29, 1.82) is 0 Å². The molecule has 2 aromatic rings. The topological polar surface area (TPSA) is 75.7 Å². The van der Waals surface area contributed by atoms with E-state index in [0.29, 0.717) is 15.8 Å². The molecule has 2 aromatic carbocycles. The van der Waals surface area contributed by atoms with E-state index < -0.39 is 17.8 Å². The van der Waals surface area contributed by atoms with Crippen LogP contribution in [0.5, 0.6) is 5.75 Å². The van der Waals surface area contributed by atoms with Gasteiger partial charge in [0.2, 0.25) is 0 Å². The van der Waals surface area contributed by atoms with Gasteiger partial charge in [0.25, 0.3) is 11.8 Å². The third-order valence-electron chi connectivity index (χ3n) is 3.86. The normalized spacial score (nSPS) is 16.0. The first-order valence-corrected chi connectivity index (χ1v) is 8.55. The lowest BCUT2D eigenvalue weighted by Gasteiger charge is -2.26. The first-order valence-electron chi connectivity index (χ1n) is 7.76. The Morgan fingerprint density at radius 2 is 1.85 bits per heavy atom. The number of barbiturate groups is 1. The number of carbonyl (C=O) groups excluding carboxylic acids is 3. The molecule has 132 valence electrons. The van der Waals surface area contributed by atoms with Crippen LogP contribution in [-0.4, -0.2) is 29.9 Å². The van der Waals surface area contributed by atoms with Gasteiger partial charge < -0.3 is 4.74 Å². The van der Waals surface area contributed by atoms with Gasteiger partial charge in [-0.05, 0) is 45.3 Å². The Hall–Kier alpha value is -2.93. The average Bonchev–Trinajstić information content (AvgIpc) is 2.63. The summed E-state index contributed by atoms with van der Waals surface area (Å²) in [7, 11) is 1.55. The number of hydrogen-bond donors (Lipinski definition) is 1. The number of methoxy groups -OCH3 is 1. The molecular formula is C19H15BrN2O4. The molecule has 0 saturated carbocycles. The second-order valence-electron chi connectivity index (χ2n) is 5.59. The number of urea groups is 1. The van der Waals surface area contributed by atoms with Crippen LogP contribution in [0, 0.1) is 0 Å². The van der Waals surface area contributed by atoms with E-state index in [0.717, 1.165) is 10.5 Å². The highest BCUT2D eigenvalue weighted by molar-refractivity contribution is 9.10. The number of imide groups is 2. The van der Waals surface area contributed by atoms with Gasteiger partial charge in [0.1, 0.15) is 11.3 Å². The van der Waals surface area contributed by atoms with Crippen molar-refractivity contribution >= 4 is 39.9 Å². The van der Waals surface area contributed by atoms with E-state index in [1.54, 1.807) is 37.4 Å². The molecule has 4 amide bonds. The SMILES string of the molecule is COc1ccc(/C=C2/C(=O)NC(=O)N(Cc3ccccc3)C2=O)cc1Br. The highest BCUT2D eigenvalue weighted by atomic mass is 79.9. The molecular weight excluding hydrogens is 400 g/mol. The van der Waals surface area contributed by atoms with E-state index in [1.165, 1.54) is 6.08 Å². The van der Waals surface area contributed by atoms with Crippen molar-refractivity contribution < 1.29 is 19.1 Å². The fourth-order valence-electron chi connectivity index (χ4n) is 2.54. The number of amides is 4. The second-order valence-corrected chi connectivity index (χ2v) is 6.44. The molecule has 1 heterocycles. The van der Waals surface area contributed by atoms with Crippen LogP contribution in [0.25, 0.3) is 6.08 Å². The first kappa shape index (κ1) is 17.9. The molecule has 1 aliphatic heterocycles. The maximum atomic E-state index is 12.7. The molecule has 7 heteroatoms. The monoisotopic (exact) mass is 414 g/mol. The van der Waals surface area contributed by atoms with Gasteiger partial charge in [-0.25, -0.2) is 4.79 Å². The second kappa shape index (κ2) is 7.53. The smallest absolute Gasteiger partial charge is 0.331 e. The van der Waals surface area contributed by atoms with Gasteiger partial charge in [-0.2, -0.15) is 0 Å². The highest BCUT2D eigenvalue weighted by Gasteiger charge is 2.35. The maximum absolute atomic E-state index is 12.7. The molecule has 0 aromatic heterocycles. The van der Waals surface area contributed by atoms with Gasteiger partial charge in [-0.15, -0.1) is 0 Å². The maximum Gasteiger partial charge on any atom is 0.331 e. The predicted molar refractivity (Wildman–Crippen MR) is 99.2 cm³/mol. The van der Waals surface area contributed by atoms with Gasteiger partial charge in [-0.3, -0.25) is 19.8 Å². The summed E-state index contributed by atoms with van der Waals surface area (Å²) in [5.41, 5.74) is 1.32. The Labute approximate surface area is 158 Å². The van der Waals surface area contributed by atoms with Gasteiger partial charge in [0.05, 0.1) is 18.1 Å². The Morgan fingerprint density at radius 1 is 1.12 bits per heavy atom. The minimum atomic E-state index is -0.725. The van der Waals surface area contributed by atoms with E-state index >= 15 is 0 Å². The van der Waals surface area contributed by atoms with Crippen LogP contribution in [0.15, 0.2) is 58.6 Å². The molecule has 1 N–H and O–H groups in total. The zero-order chi connectivity index (χ0) is 18.7. The summed E-state index contributed by atoms with van der Waals surface area (Å²) < 4.78 is 5.85. The average molecular weight is 415 g/mol. The minimum absolute atomic E-state index is 0.0857. The number of nitrogens with zero attached hydrogens (tertiary/aromatic N) is 1. The zero-order valence-electron chi connectivity index (χ0n) is 13.9. The number of hydrogen-bond acceptors (Lipinski definition) is 4. The molecule has 0 aliphatic carbocycles. The number of benzene rings is 2. The summed E-state index contributed by atoms with van der Waals surface area (Å²) in [6.45, 7) is 0.0857. The minimum Gasteiger partial charge on any atom is -0.496 e. The summed E-state index contributed by atoms with van der Waals surface area (Å²) >= 11 is 3.36. The van der Waals surface area contributed by atoms with Gasteiger partial charge in [0.15, 0.2) is 0 Å². The number of nitrogens with one attached hydrogen (secondary N) is 1. The fourth-order valence-corrected chi connectivity index (χ4v) is 3.10. The quantitative estimate of drug-likeness (QED) is 0.615. The van der Waals surface area contributed by atoms with Gasteiger partial charge >= 0.3 is 6.03 Å². The molecule has 1 aliphatic rings. The molecule has 0 atom stereocenters. The highest BCUT2D eigenvalue weighted by Crippen LogP contribution is 2.27. The van der Waals surface area contributed by atoms with Gasteiger partial charge in [0, 0.05) is 0 Å². The van der Waals surface area contributed by atoms with Crippen molar-refractivity contribution in [3.8, 4) is 5.75 Å². The van der Waals surface area contributed by atoms with E-state index in [-0.39, 0.29) is 12.1 Å². The summed E-state index contributed by atoms with van der Waals surface area (Å²) in [6, 6.07) is 13.5. The lowest BCUT2D eigenvalue weighted by molar-refractivity contribution is -0.130. The number of ether oxygens (including phenoxy) is 1. The zero-order valence-corrected chi connectivity index (χ0v) is 15.4. The Morgan fingerprint density at radius 3 is 2.50 bits per heavy atom. The fraction of sp³-hybridized carbons (Fsp3) is 0.105. The van der Waals surface area contributed by atoms with Crippen LogP contribution < -0.4 is 10.1 Å². The number of halogens is 1. The lowest BCUT2D eigenvalue weighted by Crippen LogP contribution is -2.53. The van der Waals surface area contributed by atoms with E-state index in [2.05, 4.69) is 21.2 Å². The Bertz CT molecular complexity index is 909. The molecule has 1 saturated heterocycles.